The molecule has 27 heavy (non-hydrogen) atoms. The van der Waals surface area contributed by atoms with Gasteiger partial charge < -0.3 is 14.2 Å². The largest absolute Gasteiger partial charge is 0.490 e. The average molecular weight is 476 g/mol. The van der Waals surface area contributed by atoms with Crippen LogP contribution in [0, 0.1) is 45.5 Å². The van der Waals surface area contributed by atoms with Gasteiger partial charge in [0, 0.05) is 17.2 Å². The van der Waals surface area contributed by atoms with Crippen molar-refractivity contribution in [3.05, 3.63) is 32.5 Å². The Labute approximate surface area is 170 Å². The quantitative estimate of drug-likeness (QED) is 0.509. The third-order valence-electron chi connectivity index (χ3n) is 4.22. The normalized spacial score (nSPS) is 18.0. The summed E-state index contributed by atoms with van der Waals surface area (Å²) in [5.41, 5.74) is 2.39. The van der Waals surface area contributed by atoms with Gasteiger partial charge in [-0.1, -0.05) is 5.92 Å². The van der Waals surface area contributed by atoms with Gasteiger partial charge in [-0.25, -0.2) is 0 Å². The van der Waals surface area contributed by atoms with Crippen molar-refractivity contribution in [2.75, 3.05) is 13.2 Å². The van der Waals surface area contributed by atoms with Crippen molar-refractivity contribution in [1.82, 2.24) is 10.2 Å². The highest BCUT2D eigenvalue weighted by Crippen LogP contribution is 2.45. The fourth-order valence-corrected chi connectivity index (χ4v) is 3.90. The number of nitriles is 1. The number of H-pyrrole nitrogens is 1. The summed E-state index contributed by atoms with van der Waals surface area (Å²) in [4.78, 5) is 0. The van der Waals surface area contributed by atoms with E-state index in [0.29, 0.717) is 24.0 Å². The summed E-state index contributed by atoms with van der Waals surface area (Å²) in [6, 6.07) is 5.94. The minimum atomic E-state index is -0.767. The van der Waals surface area contributed by atoms with Gasteiger partial charge in [-0.3, -0.25) is 10.5 Å². The van der Waals surface area contributed by atoms with Gasteiger partial charge in [0.2, 0.25) is 11.8 Å². The van der Waals surface area contributed by atoms with E-state index < -0.39 is 11.8 Å². The van der Waals surface area contributed by atoms with Crippen LogP contribution in [0.2, 0.25) is 0 Å². The number of aryl methyl sites for hydroxylation is 1. The molecule has 0 radical (unpaired) electrons. The molecule has 0 saturated carbocycles. The van der Waals surface area contributed by atoms with Gasteiger partial charge in [-0.15, -0.1) is 11.5 Å². The lowest BCUT2D eigenvalue weighted by atomic mass is 9.79. The Bertz CT molecular complexity index is 971. The number of nitrogens with one attached hydrogen (secondary N) is 2. The van der Waals surface area contributed by atoms with E-state index in [-0.39, 0.29) is 12.5 Å². The number of fused-ring (bicyclic) bond motifs is 1. The molecule has 0 amide bonds. The van der Waals surface area contributed by atoms with Crippen molar-refractivity contribution < 1.29 is 14.2 Å². The molecule has 2 atom stereocenters. The van der Waals surface area contributed by atoms with Crippen molar-refractivity contribution in [3.8, 4) is 35.8 Å². The summed E-state index contributed by atoms with van der Waals surface area (Å²) < 4.78 is 17.6. The van der Waals surface area contributed by atoms with Crippen LogP contribution in [0.5, 0.6) is 17.4 Å². The first kappa shape index (κ1) is 19.1. The van der Waals surface area contributed by atoms with Crippen LogP contribution in [-0.4, -0.2) is 29.3 Å². The lowest BCUT2D eigenvalue weighted by Crippen LogP contribution is -2.31. The number of ether oxygens (including phenoxy) is 3. The van der Waals surface area contributed by atoms with Gasteiger partial charge in [0.15, 0.2) is 11.5 Å². The fraction of sp³-hybridized carbons (Fsp3) is 0.316. The number of nitrogens with zero attached hydrogens (tertiary/aromatic N) is 2. The Morgan fingerprint density at radius 3 is 2.89 bits per heavy atom. The molecule has 7 nitrogen and oxygen atoms in total. The lowest BCUT2D eigenvalue weighted by molar-refractivity contribution is 0.297. The van der Waals surface area contributed by atoms with Gasteiger partial charge in [0.05, 0.1) is 16.2 Å². The highest BCUT2D eigenvalue weighted by atomic mass is 127. The lowest BCUT2D eigenvalue weighted by Gasteiger charge is -2.28. The molecule has 2 unspecified atom stereocenters. The van der Waals surface area contributed by atoms with E-state index in [1.807, 2.05) is 26.0 Å². The summed E-state index contributed by atoms with van der Waals surface area (Å²) in [5, 5.41) is 24.8. The van der Waals surface area contributed by atoms with E-state index in [1.165, 1.54) is 0 Å². The van der Waals surface area contributed by atoms with Gasteiger partial charge in [-0.05, 0) is 54.1 Å². The molecule has 0 fully saturated rings. The smallest absolute Gasteiger partial charge is 0.243 e. The minimum Gasteiger partial charge on any atom is -0.490 e. The number of aromatic amines is 1. The molecule has 2 heterocycles. The van der Waals surface area contributed by atoms with E-state index >= 15 is 0 Å². The molecular formula is C19H17IN4O3. The zero-order chi connectivity index (χ0) is 19.6. The first-order chi connectivity index (χ1) is 13.0. The zero-order valence-corrected chi connectivity index (χ0v) is 17.0. The van der Waals surface area contributed by atoms with Gasteiger partial charge >= 0.3 is 0 Å². The molecule has 0 aliphatic carbocycles. The van der Waals surface area contributed by atoms with Crippen molar-refractivity contribution >= 4 is 28.5 Å². The van der Waals surface area contributed by atoms with Crippen molar-refractivity contribution in [3.63, 3.8) is 0 Å². The number of hydrogen-bond donors (Lipinski definition) is 2. The molecular weight excluding hydrogens is 459 g/mol. The Kier molecular flexibility index (Phi) is 5.57. The number of aromatic nitrogens is 2. The molecule has 3 rings (SSSR count). The van der Waals surface area contributed by atoms with E-state index in [4.69, 9.17) is 26.0 Å². The number of terminal acetylenes is 1. The van der Waals surface area contributed by atoms with Crippen LogP contribution in [0.25, 0.3) is 0 Å². The summed E-state index contributed by atoms with van der Waals surface area (Å²) in [6.45, 7) is 4.33. The molecule has 0 bridgehead atoms. The van der Waals surface area contributed by atoms with Crippen LogP contribution in [0.1, 0.15) is 29.7 Å². The maximum Gasteiger partial charge on any atom is 0.243 e. The second kappa shape index (κ2) is 7.89. The third-order valence-corrected chi connectivity index (χ3v) is 5.02. The Morgan fingerprint density at radius 2 is 2.22 bits per heavy atom. The van der Waals surface area contributed by atoms with Crippen LogP contribution in [0.4, 0.5) is 0 Å². The molecule has 1 aliphatic rings. The summed E-state index contributed by atoms with van der Waals surface area (Å²) >= 11 is 2.15. The van der Waals surface area contributed by atoms with Crippen molar-refractivity contribution in [1.29, 1.82) is 10.7 Å². The molecule has 1 aromatic carbocycles. The average Bonchev–Trinajstić information content (AvgIpc) is 3.00. The number of halogens is 1. The van der Waals surface area contributed by atoms with E-state index in [2.05, 4.69) is 44.8 Å². The molecule has 2 aromatic rings. The second-order valence-electron chi connectivity index (χ2n) is 5.87. The SMILES string of the molecule is C#CCOc1c(I)cc(C2c3c(n[nH]c3C)OC(=N)C2C#N)cc1OCC. The molecule has 8 heteroatoms. The maximum atomic E-state index is 9.68. The summed E-state index contributed by atoms with van der Waals surface area (Å²) in [6.07, 6.45) is 5.30. The minimum absolute atomic E-state index is 0.123. The first-order valence-electron chi connectivity index (χ1n) is 8.25. The van der Waals surface area contributed by atoms with Crippen LogP contribution in [-0.2, 0) is 0 Å². The molecule has 2 N–H and O–H groups in total. The van der Waals surface area contributed by atoms with Crippen molar-refractivity contribution in [2.24, 2.45) is 5.92 Å². The molecule has 0 saturated heterocycles. The number of rotatable bonds is 5. The van der Waals surface area contributed by atoms with E-state index in [9.17, 15) is 5.26 Å². The van der Waals surface area contributed by atoms with Gasteiger partial charge in [0.25, 0.3) is 0 Å². The molecule has 1 aliphatic heterocycles. The summed E-state index contributed by atoms with van der Waals surface area (Å²) in [5.74, 6) is 2.60. The maximum absolute atomic E-state index is 9.68. The monoisotopic (exact) mass is 476 g/mol. The molecule has 138 valence electrons. The predicted molar refractivity (Wildman–Crippen MR) is 107 cm³/mol. The number of benzene rings is 1. The van der Waals surface area contributed by atoms with Crippen LogP contribution < -0.4 is 14.2 Å². The third kappa shape index (κ3) is 3.45. The zero-order valence-electron chi connectivity index (χ0n) is 14.8. The Hall–Kier alpha value is -2.72. The fourth-order valence-electron chi connectivity index (χ4n) is 3.12. The number of hydrogen-bond acceptors (Lipinski definition) is 6. The van der Waals surface area contributed by atoms with Crippen molar-refractivity contribution in [2.45, 2.75) is 19.8 Å². The van der Waals surface area contributed by atoms with Crippen LogP contribution in [0.15, 0.2) is 12.1 Å². The van der Waals surface area contributed by atoms with Gasteiger partial charge in [-0.2, -0.15) is 5.26 Å². The first-order valence-corrected chi connectivity index (χ1v) is 9.32. The standard InChI is InChI=1S/C19H17IN4O3/c1-4-6-26-17-13(20)7-11(8-14(17)25-5-2)16-12(9-21)18(22)27-19-15(16)10(3)23-24-19/h1,7-8,12,16,22H,5-6H2,2-3H3,(H,23,24). The predicted octanol–water partition coefficient (Wildman–Crippen LogP) is 3.37. The Balaban J connectivity index is 2.17. The van der Waals surface area contributed by atoms with Crippen LogP contribution in [0.3, 0.4) is 0 Å². The van der Waals surface area contributed by atoms with Gasteiger partial charge in [0.1, 0.15) is 12.5 Å². The van der Waals surface area contributed by atoms with Crippen LogP contribution >= 0.6 is 22.6 Å². The highest BCUT2D eigenvalue weighted by molar-refractivity contribution is 14.1. The topological polar surface area (TPSA) is 104 Å². The Morgan fingerprint density at radius 1 is 1.44 bits per heavy atom. The highest BCUT2D eigenvalue weighted by Gasteiger charge is 2.40. The summed E-state index contributed by atoms with van der Waals surface area (Å²) in [7, 11) is 0. The molecule has 0 spiro atoms. The van der Waals surface area contributed by atoms with E-state index in [1.54, 1.807) is 0 Å². The second-order valence-corrected chi connectivity index (χ2v) is 7.04. The molecule has 1 aromatic heterocycles. The van der Waals surface area contributed by atoms with E-state index in [0.717, 1.165) is 20.4 Å².